The number of nitrogens with two attached hydrogens (primary N) is 1. The van der Waals surface area contributed by atoms with E-state index in [0.29, 0.717) is 5.96 Å². The smallest absolute Gasteiger partial charge is 0.215 e. The minimum Gasteiger partial charge on any atom is -0.368 e. The monoisotopic (exact) mass is 141 g/mol. The maximum absolute atomic E-state index is 5.41. The molecule has 0 saturated carbocycles. The first kappa shape index (κ1) is 9.14. The van der Waals surface area contributed by atoms with Crippen LogP contribution >= 0.6 is 0 Å². The zero-order chi connectivity index (χ0) is 7.98. The average Bonchev–Trinajstić information content (AvgIpc) is 1.88. The zero-order valence-electron chi connectivity index (χ0n) is 6.83. The predicted octanol–water partition coefficient (Wildman–Crippen LogP) is 1.19. The SMILES string of the molecule is C/C=N\C(N)=N/C(C)CC. The predicted molar refractivity (Wildman–Crippen MR) is 45.5 cm³/mol. The Hall–Kier alpha value is -0.860. The maximum Gasteiger partial charge on any atom is 0.215 e. The van der Waals surface area contributed by atoms with Crippen molar-refractivity contribution in [3.05, 3.63) is 0 Å². The number of nitrogens with zero attached hydrogens (tertiary/aromatic N) is 2. The Morgan fingerprint density at radius 2 is 2.30 bits per heavy atom. The molecule has 0 aliphatic carbocycles. The van der Waals surface area contributed by atoms with Crippen molar-refractivity contribution in [2.24, 2.45) is 15.7 Å². The van der Waals surface area contributed by atoms with Crippen LogP contribution in [-0.2, 0) is 0 Å². The van der Waals surface area contributed by atoms with Gasteiger partial charge in [0.25, 0.3) is 0 Å². The minimum absolute atomic E-state index is 0.281. The Morgan fingerprint density at radius 3 is 2.70 bits per heavy atom. The molecule has 0 aromatic heterocycles. The molecule has 10 heavy (non-hydrogen) atoms. The molecule has 0 heterocycles. The number of aliphatic imine (C=N–C) groups is 2. The first-order valence-electron chi connectivity index (χ1n) is 3.52. The molecule has 1 unspecified atom stereocenters. The van der Waals surface area contributed by atoms with Gasteiger partial charge in [-0.1, -0.05) is 6.92 Å². The molecule has 0 aromatic rings. The first-order chi connectivity index (χ1) is 4.70. The lowest BCUT2D eigenvalue weighted by Gasteiger charge is -1.99. The standard InChI is InChI=1S/C7H15N3/c1-4-6(3)10-7(8)9-5-2/h5-6H,4H2,1-3H3,(H2,8,10)/b9-5-. The van der Waals surface area contributed by atoms with Gasteiger partial charge in [-0.25, -0.2) is 9.98 Å². The van der Waals surface area contributed by atoms with Crippen LogP contribution in [0.2, 0.25) is 0 Å². The second-order valence-corrected chi connectivity index (χ2v) is 2.13. The van der Waals surface area contributed by atoms with E-state index in [9.17, 15) is 0 Å². The minimum atomic E-state index is 0.281. The second kappa shape index (κ2) is 4.97. The van der Waals surface area contributed by atoms with Crippen molar-refractivity contribution in [3.63, 3.8) is 0 Å². The molecule has 0 amide bonds. The Morgan fingerprint density at radius 1 is 1.70 bits per heavy atom. The average molecular weight is 141 g/mol. The van der Waals surface area contributed by atoms with Gasteiger partial charge in [-0.2, -0.15) is 0 Å². The summed E-state index contributed by atoms with van der Waals surface area (Å²) in [5, 5.41) is 0. The second-order valence-electron chi connectivity index (χ2n) is 2.13. The highest BCUT2D eigenvalue weighted by molar-refractivity contribution is 5.85. The summed E-state index contributed by atoms with van der Waals surface area (Å²) in [6.07, 6.45) is 2.64. The van der Waals surface area contributed by atoms with Crippen LogP contribution in [0.1, 0.15) is 27.2 Å². The summed E-state index contributed by atoms with van der Waals surface area (Å²) >= 11 is 0. The summed E-state index contributed by atoms with van der Waals surface area (Å²) in [5.41, 5.74) is 5.41. The van der Waals surface area contributed by atoms with Crippen molar-refractivity contribution in [2.45, 2.75) is 33.2 Å². The fourth-order valence-electron chi connectivity index (χ4n) is 0.483. The van der Waals surface area contributed by atoms with E-state index < -0.39 is 0 Å². The van der Waals surface area contributed by atoms with Gasteiger partial charge < -0.3 is 5.73 Å². The van der Waals surface area contributed by atoms with Crippen LogP contribution in [0, 0.1) is 0 Å². The molecule has 0 rings (SSSR count). The van der Waals surface area contributed by atoms with E-state index in [1.165, 1.54) is 0 Å². The van der Waals surface area contributed by atoms with E-state index in [1.807, 2.05) is 13.8 Å². The Bertz CT molecular complexity index is 138. The topological polar surface area (TPSA) is 50.7 Å². The van der Waals surface area contributed by atoms with E-state index in [0.717, 1.165) is 6.42 Å². The number of hydrogen-bond acceptors (Lipinski definition) is 1. The van der Waals surface area contributed by atoms with Gasteiger partial charge in [-0.15, -0.1) is 0 Å². The van der Waals surface area contributed by atoms with E-state index >= 15 is 0 Å². The van der Waals surface area contributed by atoms with Crippen LogP contribution < -0.4 is 5.73 Å². The third kappa shape index (κ3) is 4.06. The highest BCUT2D eigenvalue weighted by atomic mass is 15.0. The Kier molecular flexibility index (Phi) is 4.54. The third-order valence-corrected chi connectivity index (χ3v) is 1.20. The van der Waals surface area contributed by atoms with Crippen LogP contribution in [0.15, 0.2) is 9.98 Å². The highest BCUT2D eigenvalue weighted by Gasteiger charge is 1.93. The number of hydrogen-bond donors (Lipinski definition) is 1. The quantitative estimate of drug-likeness (QED) is 0.455. The molecular formula is C7H15N3. The molecule has 58 valence electrons. The van der Waals surface area contributed by atoms with Gasteiger partial charge in [-0.05, 0) is 20.3 Å². The first-order valence-corrected chi connectivity index (χ1v) is 3.52. The van der Waals surface area contributed by atoms with Gasteiger partial charge in [0.05, 0.1) is 6.04 Å². The van der Waals surface area contributed by atoms with Crippen molar-refractivity contribution >= 4 is 12.2 Å². The number of guanidine groups is 1. The van der Waals surface area contributed by atoms with Gasteiger partial charge in [0.1, 0.15) is 0 Å². The van der Waals surface area contributed by atoms with E-state index in [1.54, 1.807) is 6.21 Å². The van der Waals surface area contributed by atoms with E-state index in [4.69, 9.17) is 5.73 Å². The molecule has 3 nitrogen and oxygen atoms in total. The van der Waals surface area contributed by atoms with Gasteiger partial charge in [0.15, 0.2) is 0 Å². The third-order valence-electron chi connectivity index (χ3n) is 1.20. The molecule has 0 bridgehead atoms. The van der Waals surface area contributed by atoms with Gasteiger partial charge in [0.2, 0.25) is 5.96 Å². The van der Waals surface area contributed by atoms with Crippen molar-refractivity contribution in [2.75, 3.05) is 0 Å². The Labute approximate surface area is 62.1 Å². The van der Waals surface area contributed by atoms with Crippen molar-refractivity contribution in [1.29, 1.82) is 0 Å². The molecule has 3 heteroatoms. The van der Waals surface area contributed by atoms with Crippen molar-refractivity contribution in [3.8, 4) is 0 Å². The van der Waals surface area contributed by atoms with Crippen LogP contribution in [0.3, 0.4) is 0 Å². The fraction of sp³-hybridized carbons (Fsp3) is 0.714. The Balaban J connectivity index is 3.89. The summed E-state index contributed by atoms with van der Waals surface area (Å²) in [4.78, 5) is 7.90. The van der Waals surface area contributed by atoms with Crippen LogP contribution in [0.4, 0.5) is 0 Å². The summed E-state index contributed by atoms with van der Waals surface area (Å²) in [5.74, 6) is 0.372. The van der Waals surface area contributed by atoms with Crippen LogP contribution in [0.5, 0.6) is 0 Å². The van der Waals surface area contributed by atoms with Crippen LogP contribution in [-0.4, -0.2) is 18.2 Å². The van der Waals surface area contributed by atoms with Crippen LogP contribution in [0.25, 0.3) is 0 Å². The molecule has 1 atom stereocenters. The lowest BCUT2D eigenvalue weighted by atomic mass is 10.3. The molecule has 0 spiro atoms. The van der Waals surface area contributed by atoms with E-state index in [-0.39, 0.29) is 6.04 Å². The molecule has 0 radical (unpaired) electrons. The summed E-state index contributed by atoms with van der Waals surface area (Å²) in [6, 6.07) is 0.281. The summed E-state index contributed by atoms with van der Waals surface area (Å²) in [7, 11) is 0. The van der Waals surface area contributed by atoms with Crippen molar-refractivity contribution in [1.82, 2.24) is 0 Å². The molecule has 0 aliphatic rings. The number of rotatable bonds is 2. The molecule has 0 fully saturated rings. The molecule has 0 saturated heterocycles. The largest absolute Gasteiger partial charge is 0.368 e. The molecule has 0 aliphatic heterocycles. The van der Waals surface area contributed by atoms with Gasteiger partial charge in [-0.3, -0.25) is 0 Å². The molecular weight excluding hydrogens is 126 g/mol. The van der Waals surface area contributed by atoms with Gasteiger partial charge in [0, 0.05) is 6.21 Å². The van der Waals surface area contributed by atoms with Gasteiger partial charge >= 0.3 is 0 Å². The lowest BCUT2D eigenvalue weighted by molar-refractivity contribution is 0.715. The highest BCUT2D eigenvalue weighted by Crippen LogP contribution is 1.93. The van der Waals surface area contributed by atoms with E-state index in [2.05, 4.69) is 16.9 Å². The maximum atomic E-state index is 5.41. The molecule has 0 aromatic carbocycles. The lowest BCUT2D eigenvalue weighted by Crippen LogP contribution is -2.12. The van der Waals surface area contributed by atoms with Crippen molar-refractivity contribution < 1.29 is 0 Å². The fourth-order valence-corrected chi connectivity index (χ4v) is 0.483. The normalized spacial score (nSPS) is 16.1. The molecule has 2 N–H and O–H groups in total. The summed E-state index contributed by atoms with van der Waals surface area (Å²) in [6.45, 7) is 5.90. The summed E-state index contributed by atoms with van der Waals surface area (Å²) < 4.78 is 0. The zero-order valence-corrected chi connectivity index (χ0v) is 6.83.